The number of carbonyl (C=O) groups is 1. The Balaban J connectivity index is 2.28. The van der Waals surface area contributed by atoms with Crippen LogP contribution in [-0.4, -0.2) is 13.4 Å². The Morgan fingerprint density at radius 3 is 2.45 bits per heavy atom. The van der Waals surface area contributed by atoms with E-state index in [-0.39, 0.29) is 6.10 Å². The molecule has 0 saturated carbocycles. The van der Waals surface area contributed by atoms with E-state index in [4.69, 9.17) is 9.47 Å². The lowest BCUT2D eigenvalue weighted by molar-refractivity contribution is 0.112. The van der Waals surface area contributed by atoms with Gasteiger partial charge in [0.25, 0.3) is 0 Å². The van der Waals surface area contributed by atoms with Crippen molar-refractivity contribution in [2.24, 2.45) is 0 Å². The SMILES string of the molecule is C=C[C@H](Oc1ccc(C=O)cc1OC)c1ccccc1. The zero-order chi connectivity index (χ0) is 14.4. The highest BCUT2D eigenvalue weighted by Crippen LogP contribution is 2.32. The van der Waals surface area contributed by atoms with Crippen LogP contribution in [0.1, 0.15) is 22.0 Å². The van der Waals surface area contributed by atoms with E-state index in [1.807, 2.05) is 30.3 Å². The van der Waals surface area contributed by atoms with Crippen LogP contribution in [0.3, 0.4) is 0 Å². The van der Waals surface area contributed by atoms with Crippen molar-refractivity contribution in [2.75, 3.05) is 7.11 Å². The predicted molar refractivity (Wildman–Crippen MR) is 78.4 cm³/mol. The maximum absolute atomic E-state index is 10.8. The lowest BCUT2D eigenvalue weighted by Crippen LogP contribution is -2.05. The summed E-state index contributed by atoms with van der Waals surface area (Å²) in [6, 6.07) is 14.8. The van der Waals surface area contributed by atoms with Crippen molar-refractivity contribution in [3.63, 3.8) is 0 Å². The first kappa shape index (κ1) is 13.9. The zero-order valence-corrected chi connectivity index (χ0v) is 11.3. The summed E-state index contributed by atoms with van der Waals surface area (Å²) >= 11 is 0. The van der Waals surface area contributed by atoms with E-state index in [1.165, 1.54) is 0 Å². The molecule has 0 aromatic heterocycles. The molecule has 102 valence electrons. The minimum atomic E-state index is -0.271. The Kier molecular flexibility index (Phi) is 4.56. The Bertz CT molecular complexity index is 590. The average molecular weight is 268 g/mol. The van der Waals surface area contributed by atoms with Gasteiger partial charge in [0.15, 0.2) is 11.5 Å². The summed E-state index contributed by atoms with van der Waals surface area (Å²) in [6.07, 6.45) is 2.23. The second kappa shape index (κ2) is 6.57. The average Bonchev–Trinajstić information content (AvgIpc) is 2.53. The van der Waals surface area contributed by atoms with Crippen LogP contribution in [-0.2, 0) is 0 Å². The largest absolute Gasteiger partial charge is 0.493 e. The Labute approximate surface area is 118 Å². The smallest absolute Gasteiger partial charge is 0.162 e. The van der Waals surface area contributed by atoms with Gasteiger partial charge in [-0.3, -0.25) is 4.79 Å². The fraction of sp³-hybridized carbons (Fsp3) is 0.118. The highest BCUT2D eigenvalue weighted by atomic mass is 16.5. The van der Waals surface area contributed by atoms with Crippen LogP contribution in [0.5, 0.6) is 11.5 Å². The summed E-state index contributed by atoms with van der Waals surface area (Å²) in [5.74, 6) is 1.10. The third-order valence-electron chi connectivity index (χ3n) is 2.92. The first-order valence-electron chi connectivity index (χ1n) is 6.26. The highest BCUT2D eigenvalue weighted by molar-refractivity contribution is 5.76. The predicted octanol–water partition coefficient (Wildman–Crippen LogP) is 3.81. The molecule has 0 saturated heterocycles. The number of carbonyl (C=O) groups excluding carboxylic acids is 1. The molecular weight excluding hydrogens is 252 g/mol. The van der Waals surface area contributed by atoms with Gasteiger partial charge in [-0.2, -0.15) is 0 Å². The van der Waals surface area contributed by atoms with Gasteiger partial charge in [-0.25, -0.2) is 0 Å². The van der Waals surface area contributed by atoms with Gasteiger partial charge in [0, 0.05) is 5.56 Å². The molecule has 0 aliphatic carbocycles. The number of benzene rings is 2. The summed E-state index contributed by atoms with van der Waals surface area (Å²) in [4.78, 5) is 10.8. The molecule has 2 aromatic rings. The molecule has 0 bridgehead atoms. The van der Waals surface area contributed by atoms with E-state index in [0.29, 0.717) is 17.1 Å². The van der Waals surface area contributed by atoms with Crippen LogP contribution in [0.15, 0.2) is 61.2 Å². The lowest BCUT2D eigenvalue weighted by atomic mass is 10.1. The highest BCUT2D eigenvalue weighted by Gasteiger charge is 2.12. The minimum absolute atomic E-state index is 0.271. The standard InChI is InChI=1S/C17H16O3/c1-3-15(14-7-5-4-6-8-14)20-16-10-9-13(12-18)11-17(16)19-2/h3-12,15H,1H2,2H3/t15-/m0/s1. The first-order chi connectivity index (χ1) is 9.78. The molecule has 0 unspecified atom stereocenters. The van der Waals surface area contributed by atoms with Crippen molar-refractivity contribution in [3.8, 4) is 11.5 Å². The molecule has 20 heavy (non-hydrogen) atoms. The van der Waals surface area contributed by atoms with Crippen molar-refractivity contribution >= 4 is 6.29 Å². The van der Waals surface area contributed by atoms with Gasteiger partial charge in [-0.05, 0) is 29.8 Å². The normalized spacial score (nSPS) is 11.4. The fourth-order valence-electron chi connectivity index (χ4n) is 1.89. The maximum Gasteiger partial charge on any atom is 0.162 e. The fourth-order valence-corrected chi connectivity index (χ4v) is 1.89. The number of methoxy groups -OCH3 is 1. The molecule has 0 aliphatic rings. The van der Waals surface area contributed by atoms with Crippen LogP contribution in [0.2, 0.25) is 0 Å². The number of ether oxygens (including phenoxy) is 2. The van der Waals surface area contributed by atoms with E-state index < -0.39 is 0 Å². The van der Waals surface area contributed by atoms with Gasteiger partial charge in [-0.15, -0.1) is 0 Å². The van der Waals surface area contributed by atoms with Crippen molar-refractivity contribution in [1.82, 2.24) is 0 Å². The van der Waals surface area contributed by atoms with Crippen molar-refractivity contribution < 1.29 is 14.3 Å². The van der Waals surface area contributed by atoms with Crippen molar-refractivity contribution in [1.29, 1.82) is 0 Å². The van der Waals surface area contributed by atoms with Gasteiger partial charge in [0.1, 0.15) is 12.4 Å². The third kappa shape index (κ3) is 3.06. The van der Waals surface area contributed by atoms with Gasteiger partial charge in [0.2, 0.25) is 0 Å². The first-order valence-corrected chi connectivity index (χ1v) is 6.26. The number of aldehydes is 1. The summed E-state index contributed by atoms with van der Waals surface area (Å²) in [7, 11) is 1.54. The van der Waals surface area contributed by atoms with Crippen LogP contribution < -0.4 is 9.47 Å². The van der Waals surface area contributed by atoms with Crippen LogP contribution >= 0.6 is 0 Å². The molecule has 0 radical (unpaired) electrons. The van der Waals surface area contributed by atoms with E-state index >= 15 is 0 Å². The third-order valence-corrected chi connectivity index (χ3v) is 2.92. The summed E-state index contributed by atoms with van der Waals surface area (Å²) in [5.41, 5.74) is 1.55. The molecule has 1 atom stereocenters. The van der Waals surface area contributed by atoms with E-state index in [9.17, 15) is 4.79 Å². The van der Waals surface area contributed by atoms with Crippen LogP contribution in [0.4, 0.5) is 0 Å². The van der Waals surface area contributed by atoms with Crippen LogP contribution in [0, 0.1) is 0 Å². The van der Waals surface area contributed by atoms with E-state index in [2.05, 4.69) is 6.58 Å². The van der Waals surface area contributed by atoms with Gasteiger partial charge in [0.05, 0.1) is 7.11 Å². The second-order valence-electron chi connectivity index (χ2n) is 4.21. The Morgan fingerprint density at radius 1 is 1.10 bits per heavy atom. The van der Waals surface area contributed by atoms with Crippen molar-refractivity contribution in [3.05, 3.63) is 72.3 Å². The van der Waals surface area contributed by atoms with Gasteiger partial charge in [-0.1, -0.05) is 36.9 Å². The Morgan fingerprint density at radius 2 is 1.85 bits per heavy atom. The molecule has 0 N–H and O–H groups in total. The zero-order valence-electron chi connectivity index (χ0n) is 11.3. The minimum Gasteiger partial charge on any atom is -0.493 e. The van der Waals surface area contributed by atoms with Crippen LogP contribution in [0.25, 0.3) is 0 Å². The quantitative estimate of drug-likeness (QED) is 0.590. The van der Waals surface area contributed by atoms with E-state index in [0.717, 1.165) is 11.8 Å². The molecule has 2 rings (SSSR count). The summed E-state index contributed by atoms with van der Waals surface area (Å²) in [6.45, 7) is 3.80. The monoisotopic (exact) mass is 268 g/mol. The maximum atomic E-state index is 10.8. The summed E-state index contributed by atoms with van der Waals surface area (Å²) < 4.78 is 11.2. The molecule has 3 heteroatoms. The molecule has 0 aliphatic heterocycles. The lowest BCUT2D eigenvalue weighted by Gasteiger charge is -2.18. The number of hydrogen-bond acceptors (Lipinski definition) is 3. The topological polar surface area (TPSA) is 35.5 Å². The van der Waals surface area contributed by atoms with E-state index in [1.54, 1.807) is 31.4 Å². The molecule has 3 nitrogen and oxygen atoms in total. The molecular formula is C17H16O3. The molecule has 0 heterocycles. The number of rotatable bonds is 6. The second-order valence-corrected chi connectivity index (χ2v) is 4.21. The van der Waals surface area contributed by atoms with Crippen molar-refractivity contribution in [2.45, 2.75) is 6.10 Å². The molecule has 0 amide bonds. The van der Waals surface area contributed by atoms with Gasteiger partial charge < -0.3 is 9.47 Å². The molecule has 2 aromatic carbocycles. The molecule has 0 fully saturated rings. The number of hydrogen-bond donors (Lipinski definition) is 0. The summed E-state index contributed by atoms with van der Waals surface area (Å²) in [5, 5.41) is 0. The Hall–Kier alpha value is -2.55. The van der Waals surface area contributed by atoms with Gasteiger partial charge >= 0.3 is 0 Å². The molecule has 0 spiro atoms.